The molecule has 2 unspecified atom stereocenters. The third kappa shape index (κ3) is 3.23. The molecule has 2 saturated carbocycles. The third-order valence-electron chi connectivity index (χ3n) is 4.84. The van der Waals surface area contributed by atoms with Gasteiger partial charge in [0, 0.05) is 6.61 Å². The Balaban J connectivity index is 1.99. The molecule has 2 aliphatic rings. The highest BCUT2D eigenvalue weighted by Crippen LogP contribution is 2.43. The van der Waals surface area contributed by atoms with Gasteiger partial charge in [-0.2, -0.15) is 0 Å². The summed E-state index contributed by atoms with van der Waals surface area (Å²) in [5.41, 5.74) is -0.518. The number of hydrogen-bond acceptors (Lipinski definition) is 2. The van der Waals surface area contributed by atoms with Gasteiger partial charge >= 0.3 is 0 Å². The second-order valence-electron chi connectivity index (χ2n) is 5.99. The van der Waals surface area contributed by atoms with Crippen LogP contribution in [-0.2, 0) is 4.74 Å². The highest BCUT2D eigenvalue weighted by atomic mass is 16.5. The van der Waals surface area contributed by atoms with Crippen LogP contribution in [0, 0.1) is 11.8 Å². The molecule has 2 heteroatoms. The molecule has 0 saturated heterocycles. The molecular weight excluding hydrogens is 212 g/mol. The molecule has 0 aliphatic heterocycles. The molecule has 2 atom stereocenters. The lowest BCUT2D eigenvalue weighted by Crippen LogP contribution is -2.48. The summed E-state index contributed by atoms with van der Waals surface area (Å²) in [5, 5.41) is 10.9. The topological polar surface area (TPSA) is 29.5 Å². The Bertz CT molecular complexity index is 223. The van der Waals surface area contributed by atoms with Gasteiger partial charge in [0.1, 0.15) is 0 Å². The van der Waals surface area contributed by atoms with Crippen LogP contribution >= 0.6 is 0 Å². The normalized spacial score (nSPS) is 36.0. The number of ether oxygens (including phenoxy) is 1. The lowest BCUT2D eigenvalue weighted by atomic mass is 9.66. The van der Waals surface area contributed by atoms with Crippen LogP contribution in [0.15, 0.2) is 0 Å². The van der Waals surface area contributed by atoms with E-state index in [0.717, 1.165) is 18.9 Å². The molecule has 2 nitrogen and oxygen atoms in total. The van der Waals surface area contributed by atoms with Crippen molar-refractivity contribution in [1.29, 1.82) is 0 Å². The van der Waals surface area contributed by atoms with E-state index in [4.69, 9.17) is 4.74 Å². The molecule has 0 spiro atoms. The first-order chi connectivity index (χ1) is 8.26. The molecule has 2 fully saturated rings. The molecule has 0 bridgehead atoms. The van der Waals surface area contributed by atoms with E-state index in [1.165, 1.54) is 51.4 Å². The van der Waals surface area contributed by atoms with Gasteiger partial charge in [-0.25, -0.2) is 0 Å². The lowest BCUT2D eigenvalue weighted by Gasteiger charge is -2.45. The van der Waals surface area contributed by atoms with Crippen LogP contribution in [0.4, 0.5) is 0 Å². The number of aliphatic hydroxyl groups is 1. The lowest BCUT2D eigenvalue weighted by molar-refractivity contribution is -0.123. The van der Waals surface area contributed by atoms with Crippen molar-refractivity contribution in [2.24, 2.45) is 11.8 Å². The summed E-state index contributed by atoms with van der Waals surface area (Å²) >= 11 is 0. The molecule has 1 N–H and O–H groups in total. The molecule has 0 aromatic heterocycles. The average Bonchev–Trinajstić information content (AvgIpc) is 2.38. The minimum atomic E-state index is -0.518. The maximum atomic E-state index is 10.9. The van der Waals surface area contributed by atoms with Gasteiger partial charge < -0.3 is 9.84 Å². The van der Waals surface area contributed by atoms with Crippen LogP contribution in [0.5, 0.6) is 0 Å². The summed E-state index contributed by atoms with van der Waals surface area (Å²) < 4.78 is 5.55. The van der Waals surface area contributed by atoms with Gasteiger partial charge in [0.15, 0.2) is 0 Å². The number of rotatable bonds is 4. The summed E-state index contributed by atoms with van der Waals surface area (Å²) in [6, 6.07) is 0. The van der Waals surface area contributed by atoms with Crippen LogP contribution < -0.4 is 0 Å². The predicted octanol–water partition coefficient (Wildman–Crippen LogP) is 3.52. The van der Waals surface area contributed by atoms with Crippen molar-refractivity contribution in [3.8, 4) is 0 Å². The summed E-state index contributed by atoms with van der Waals surface area (Å²) in [6.07, 6.45) is 11.4. The zero-order valence-electron chi connectivity index (χ0n) is 11.3. The highest BCUT2D eigenvalue weighted by molar-refractivity contribution is 4.94. The second kappa shape index (κ2) is 6.19. The molecule has 0 amide bonds. The Labute approximate surface area is 106 Å². The minimum Gasteiger partial charge on any atom is -0.387 e. The summed E-state index contributed by atoms with van der Waals surface area (Å²) in [6.45, 7) is 3.30. The van der Waals surface area contributed by atoms with Crippen molar-refractivity contribution < 1.29 is 9.84 Å². The maximum absolute atomic E-state index is 10.9. The quantitative estimate of drug-likeness (QED) is 0.814. The molecule has 2 aliphatic carbocycles. The smallest absolute Gasteiger partial charge is 0.0910 e. The highest BCUT2D eigenvalue weighted by Gasteiger charge is 2.43. The fourth-order valence-corrected chi connectivity index (χ4v) is 3.92. The van der Waals surface area contributed by atoms with Crippen LogP contribution in [0.3, 0.4) is 0 Å². The van der Waals surface area contributed by atoms with E-state index in [-0.39, 0.29) is 0 Å². The van der Waals surface area contributed by atoms with Crippen LogP contribution in [0.1, 0.15) is 64.7 Å². The molecule has 2 rings (SSSR count). The number of hydrogen-bond donors (Lipinski definition) is 1. The molecular formula is C15H28O2. The molecule has 100 valence electrons. The van der Waals surface area contributed by atoms with Crippen molar-refractivity contribution in [3.63, 3.8) is 0 Å². The van der Waals surface area contributed by atoms with E-state index in [1.54, 1.807) is 0 Å². The zero-order valence-corrected chi connectivity index (χ0v) is 11.3. The van der Waals surface area contributed by atoms with Crippen molar-refractivity contribution in [2.75, 3.05) is 13.2 Å². The van der Waals surface area contributed by atoms with Crippen molar-refractivity contribution in [3.05, 3.63) is 0 Å². The molecule has 0 aromatic carbocycles. The summed E-state index contributed by atoms with van der Waals surface area (Å²) in [4.78, 5) is 0. The van der Waals surface area contributed by atoms with Gasteiger partial charge in [-0.3, -0.25) is 0 Å². The molecule has 17 heavy (non-hydrogen) atoms. The maximum Gasteiger partial charge on any atom is 0.0910 e. The average molecular weight is 240 g/mol. The summed E-state index contributed by atoms with van der Waals surface area (Å²) in [5.74, 6) is 1.26. The van der Waals surface area contributed by atoms with E-state index in [2.05, 4.69) is 0 Å². The van der Waals surface area contributed by atoms with E-state index in [1.807, 2.05) is 6.92 Å². The van der Waals surface area contributed by atoms with E-state index >= 15 is 0 Å². The van der Waals surface area contributed by atoms with E-state index in [9.17, 15) is 5.11 Å². The fourth-order valence-electron chi connectivity index (χ4n) is 3.92. The second-order valence-corrected chi connectivity index (χ2v) is 5.99. The van der Waals surface area contributed by atoms with E-state index in [0.29, 0.717) is 12.5 Å². The summed E-state index contributed by atoms with van der Waals surface area (Å²) in [7, 11) is 0. The zero-order chi connectivity index (χ0) is 12.1. The van der Waals surface area contributed by atoms with Crippen LogP contribution in [0.25, 0.3) is 0 Å². The standard InChI is InChI=1S/C15H28O2/c1-2-17-12-15(16)11-7-6-10-14(15)13-8-4-3-5-9-13/h13-14,16H,2-12H2,1H3. The van der Waals surface area contributed by atoms with Crippen LogP contribution in [0.2, 0.25) is 0 Å². The molecule has 0 radical (unpaired) electrons. The fraction of sp³-hybridized carbons (Fsp3) is 1.00. The van der Waals surface area contributed by atoms with Crippen molar-refractivity contribution in [1.82, 2.24) is 0 Å². The Kier molecular flexibility index (Phi) is 4.87. The largest absolute Gasteiger partial charge is 0.387 e. The van der Waals surface area contributed by atoms with Crippen LogP contribution in [-0.4, -0.2) is 23.9 Å². The SMILES string of the molecule is CCOCC1(O)CCCCC1C1CCCCC1. The van der Waals surface area contributed by atoms with Gasteiger partial charge in [0.25, 0.3) is 0 Å². The van der Waals surface area contributed by atoms with Gasteiger partial charge in [-0.15, -0.1) is 0 Å². The first-order valence-electron chi connectivity index (χ1n) is 7.56. The molecule has 0 aromatic rings. The van der Waals surface area contributed by atoms with Gasteiger partial charge in [-0.05, 0) is 31.6 Å². The minimum absolute atomic E-state index is 0.503. The Morgan fingerprint density at radius 1 is 1.06 bits per heavy atom. The van der Waals surface area contributed by atoms with Gasteiger partial charge in [0.2, 0.25) is 0 Å². The first kappa shape index (κ1) is 13.4. The Morgan fingerprint density at radius 3 is 2.47 bits per heavy atom. The van der Waals surface area contributed by atoms with E-state index < -0.39 is 5.60 Å². The van der Waals surface area contributed by atoms with Crippen molar-refractivity contribution >= 4 is 0 Å². The van der Waals surface area contributed by atoms with Gasteiger partial charge in [-0.1, -0.05) is 44.9 Å². The molecule has 0 heterocycles. The van der Waals surface area contributed by atoms with Gasteiger partial charge in [0.05, 0.1) is 12.2 Å². The van der Waals surface area contributed by atoms with Crippen molar-refractivity contribution in [2.45, 2.75) is 70.3 Å². The third-order valence-corrected chi connectivity index (χ3v) is 4.84. The Hall–Kier alpha value is -0.0800. The monoisotopic (exact) mass is 240 g/mol. The predicted molar refractivity (Wildman–Crippen MR) is 70.0 cm³/mol. The first-order valence-corrected chi connectivity index (χ1v) is 7.56. The Morgan fingerprint density at radius 2 is 1.76 bits per heavy atom.